The molecule has 2 aliphatic heterocycles. The first-order valence-electron chi connectivity index (χ1n) is 5.96. The number of benzene rings is 1. The molecule has 0 aliphatic carbocycles. The molecule has 1 amide bonds. The van der Waals surface area contributed by atoms with Crippen molar-refractivity contribution in [1.29, 1.82) is 0 Å². The number of morpholine rings is 1. The smallest absolute Gasteiger partial charge is 0.254 e. The van der Waals surface area contributed by atoms with Crippen LogP contribution in [0.5, 0.6) is 0 Å². The van der Waals surface area contributed by atoms with Crippen LogP contribution >= 0.6 is 12.6 Å². The Morgan fingerprint density at radius 2 is 1.76 bits per heavy atom. The maximum atomic E-state index is 12.3. The lowest BCUT2D eigenvalue weighted by Gasteiger charge is -2.32. The molecule has 0 saturated carbocycles. The molecule has 2 heterocycles. The van der Waals surface area contributed by atoms with Crippen LogP contribution in [-0.2, 0) is 4.74 Å². The summed E-state index contributed by atoms with van der Waals surface area (Å²) in [6.07, 6.45) is 2.68. The Kier molecular flexibility index (Phi) is 2.84. The summed E-state index contributed by atoms with van der Waals surface area (Å²) in [7, 11) is 0. The number of nitrogens with zero attached hydrogens (tertiary/aromatic N) is 1. The molecular weight excluding hydrogens is 234 g/mol. The van der Waals surface area contributed by atoms with Crippen molar-refractivity contribution in [3.63, 3.8) is 0 Å². The summed E-state index contributed by atoms with van der Waals surface area (Å²) in [5.74, 6) is 0.110. The molecule has 3 nitrogen and oxygen atoms in total. The second-order valence-corrected chi connectivity index (χ2v) is 5.23. The number of carbonyl (C=O) groups is 1. The van der Waals surface area contributed by atoms with Crippen LogP contribution in [0.25, 0.3) is 0 Å². The van der Waals surface area contributed by atoms with Crippen LogP contribution in [0.3, 0.4) is 0 Å². The molecule has 3 rings (SSSR count). The van der Waals surface area contributed by atoms with Gasteiger partial charge in [0, 0.05) is 23.5 Å². The van der Waals surface area contributed by atoms with Gasteiger partial charge in [-0.3, -0.25) is 4.79 Å². The van der Waals surface area contributed by atoms with Crippen LogP contribution in [0.15, 0.2) is 29.2 Å². The Morgan fingerprint density at radius 3 is 2.35 bits per heavy atom. The normalized spacial score (nSPS) is 27.2. The maximum absolute atomic E-state index is 12.3. The average Bonchev–Trinajstić information content (AvgIpc) is 2.68. The van der Waals surface area contributed by atoms with E-state index in [1.807, 2.05) is 29.2 Å². The van der Waals surface area contributed by atoms with Gasteiger partial charge in [0.15, 0.2) is 0 Å². The van der Waals surface area contributed by atoms with E-state index >= 15 is 0 Å². The fraction of sp³-hybridized carbons (Fsp3) is 0.462. The highest BCUT2D eigenvalue weighted by Gasteiger charge is 2.35. The number of thiol groups is 1. The van der Waals surface area contributed by atoms with E-state index in [1.165, 1.54) is 0 Å². The Morgan fingerprint density at radius 1 is 1.18 bits per heavy atom. The van der Waals surface area contributed by atoms with Crippen LogP contribution in [-0.4, -0.2) is 36.1 Å². The minimum Gasteiger partial charge on any atom is -0.371 e. The molecule has 17 heavy (non-hydrogen) atoms. The quantitative estimate of drug-likeness (QED) is 0.771. The van der Waals surface area contributed by atoms with Gasteiger partial charge >= 0.3 is 0 Å². The zero-order chi connectivity index (χ0) is 11.8. The van der Waals surface area contributed by atoms with Gasteiger partial charge in [0.05, 0.1) is 12.2 Å². The number of fused-ring (bicyclic) bond motifs is 2. The zero-order valence-electron chi connectivity index (χ0n) is 9.50. The van der Waals surface area contributed by atoms with Crippen molar-refractivity contribution in [3.8, 4) is 0 Å². The highest BCUT2D eigenvalue weighted by atomic mass is 32.1. The van der Waals surface area contributed by atoms with Gasteiger partial charge in [0.1, 0.15) is 0 Å². The average molecular weight is 249 g/mol. The highest BCUT2D eigenvalue weighted by molar-refractivity contribution is 7.80. The first kappa shape index (κ1) is 11.1. The monoisotopic (exact) mass is 249 g/mol. The molecule has 2 fully saturated rings. The lowest BCUT2D eigenvalue weighted by Crippen LogP contribution is -2.45. The summed E-state index contributed by atoms with van der Waals surface area (Å²) in [5.41, 5.74) is 0.740. The predicted molar refractivity (Wildman–Crippen MR) is 67.5 cm³/mol. The van der Waals surface area contributed by atoms with Crippen molar-refractivity contribution in [3.05, 3.63) is 29.8 Å². The fourth-order valence-corrected chi connectivity index (χ4v) is 2.72. The van der Waals surface area contributed by atoms with Gasteiger partial charge < -0.3 is 9.64 Å². The number of carbonyl (C=O) groups excluding carboxylic acids is 1. The van der Waals surface area contributed by atoms with E-state index in [4.69, 9.17) is 4.74 Å². The minimum absolute atomic E-state index is 0.110. The fourth-order valence-electron chi connectivity index (χ4n) is 2.57. The van der Waals surface area contributed by atoms with E-state index in [-0.39, 0.29) is 18.1 Å². The van der Waals surface area contributed by atoms with Gasteiger partial charge in [-0.1, -0.05) is 0 Å². The summed E-state index contributed by atoms with van der Waals surface area (Å²) in [6.45, 7) is 1.47. The Balaban J connectivity index is 1.76. The number of amides is 1. The molecule has 2 unspecified atom stereocenters. The van der Waals surface area contributed by atoms with Gasteiger partial charge in [-0.25, -0.2) is 0 Å². The topological polar surface area (TPSA) is 29.5 Å². The third kappa shape index (κ3) is 2.19. The lowest BCUT2D eigenvalue weighted by molar-refractivity contribution is -0.0303. The molecule has 2 aliphatic rings. The van der Waals surface area contributed by atoms with Crippen molar-refractivity contribution in [2.75, 3.05) is 13.1 Å². The number of hydrogen-bond donors (Lipinski definition) is 1. The van der Waals surface area contributed by atoms with E-state index in [2.05, 4.69) is 12.6 Å². The van der Waals surface area contributed by atoms with E-state index in [9.17, 15) is 4.79 Å². The SMILES string of the molecule is O=C(c1ccc(S)cc1)N1CC2CCC(C1)O2. The highest BCUT2D eigenvalue weighted by Crippen LogP contribution is 2.27. The maximum Gasteiger partial charge on any atom is 0.254 e. The largest absolute Gasteiger partial charge is 0.371 e. The molecular formula is C13H15NO2S. The Bertz CT molecular complexity index is 420. The van der Waals surface area contributed by atoms with Crippen molar-refractivity contribution in [2.45, 2.75) is 29.9 Å². The summed E-state index contributed by atoms with van der Waals surface area (Å²) in [5, 5.41) is 0. The lowest BCUT2D eigenvalue weighted by atomic mass is 10.2. The van der Waals surface area contributed by atoms with Gasteiger partial charge in [-0.15, -0.1) is 12.6 Å². The van der Waals surface area contributed by atoms with Gasteiger partial charge in [-0.2, -0.15) is 0 Å². The van der Waals surface area contributed by atoms with E-state index in [1.54, 1.807) is 0 Å². The third-order valence-electron chi connectivity index (χ3n) is 3.45. The van der Waals surface area contributed by atoms with Crippen LogP contribution in [0.1, 0.15) is 23.2 Å². The molecule has 0 spiro atoms. The van der Waals surface area contributed by atoms with Gasteiger partial charge in [-0.05, 0) is 37.1 Å². The second kappa shape index (κ2) is 4.35. The zero-order valence-corrected chi connectivity index (χ0v) is 10.4. The summed E-state index contributed by atoms with van der Waals surface area (Å²) >= 11 is 4.22. The van der Waals surface area contributed by atoms with Crippen LogP contribution in [0.2, 0.25) is 0 Å². The first-order valence-corrected chi connectivity index (χ1v) is 6.41. The molecule has 0 N–H and O–H groups in total. The molecule has 0 aromatic heterocycles. The second-order valence-electron chi connectivity index (χ2n) is 4.71. The standard InChI is InChI=1S/C13H15NO2S/c15-13(9-1-5-12(17)6-2-9)14-7-10-3-4-11(8-14)16-10/h1-2,5-6,10-11,17H,3-4,7-8H2. The molecule has 1 aromatic rings. The summed E-state index contributed by atoms with van der Waals surface area (Å²) < 4.78 is 5.73. The Hall–Kier alpha value is -1.00. The number of hydrogen-bond acceptors (Lipinski definition) is 3. The van der Waals surface area contributed by atoms with Crippen molar-refractivity contribution in [2.24, 2.45) is 0 Å². The van der Waals surface area contributed by atoms with Crippen molar-refractivity contribution in [1.82, 2.24) is 4.90 Å². The number of rotatable bonds is 1. The van der Waals surface area contributed by atoms with Crippen LogP contribution in [0, 0.1) is 0 Å². The van der Waals surface area contributed by atoms with Crippen LogP contribution in [0.4, 0.5) is 0 Å². The van der Waals surface area contributed by atoms with E-state index < -0.39 is 0 Å². The van der Waals surface area contributed by atoms with E-state index in [0.717, 1.165) is 36.4 Å². The summed E-state index contributed by atoms with van der Waals surface area (Å²) in [6, 6.07) is 7.38. The molecule has 90 valence electrons. The van der Waals surface area contributed by atoms with Crippen molar-refractivity contribution < 1.29 is 9.53 Å². The molecule has 2 bridgehead atoms. The minimum atomic E-state index is 0.110. The Labute approximate surface area is 106 Å². The van der Waals surface area contributed by atoms with Gasteiger partial charge in [0.25, 0.3) is 5.91 Å². The summed E-state index contributed by atoms with van der Waals surface area (Å²) in [4.78, 5) is 15.1. The molecule has 2 saturated heterocycles. The van der Waals surface area contributed by atoms with Crippen LogP contribution < -0.4 is 0 Å². The van der Waals surface area contributed by atoms with E-state index in [0.29, 0.717) is 0 Å². The molecule has 0 radical (unpaired) electrons. The molecule has 4 heteroatoms. The van der Waals surface area contributed by atoms with Crippen molar-refractivity contribution >= 4 is 18.5 Å². The molecule has 1 aromatic carbocycles. The molecule has 2 atom stereocenters. The number of ether oxygens (including phenoxy) is 1. The van der Waals surface area contributed by atoms with Gasteiger partial charge in [0.2, 0.25) is 0 Å². The third-order valence-corrected chi connectivity index (χ3v) is 3.74. The first-order chi connectivity index (χ1) is 8.22. The number of likely N-dealkylation sites (tertiary alicyclic amines) is 1. The predicted octanol–water partition coefficient (Wildman–Crippen LogP) is 1.98.